The van der Waals surface area contributed by atoms with E-state index < -0.39 is 0 Å². The first-order valence-electron chi connectivity index (χ1n) is 8.74. The lowest BCUT2D eigenvalue weighted by atomic mass is 10.1. The molecule has 1 N–H and O–H groups in total. The minimum atomic E-state index is -0.173. The first-order chi connectivity index (χ1) is 12.3. The van der Waals surface area contributed by atoms with Crippen LogP contribution in [0.4, 0.5) is 5.82 Å². The molecular formula is C20H21N3O2. The number of ether oxygens (including phenoxy) is 1. The predicted molar refractivity (Wildman–Crippen MR) is 97.8 cm³/mol. The zero-order chi connectivity index (χ0) is 17.1. The van der Waals surface area contributed by atoms with Crippen molar-refractivity contribution >= 4 is 22.5 Å². The van der Waals surface area contributed by atoms with E-state index in [1.54, 1.807) is 6.20 Å². The van der Waals surface area contributed by atoms with E-state index in [0.29, 0.717) is 11.8 Å². The summed E-state index contributed by atoms with van der Waals surface area (Å²) in [6.45, 7) is -0.0197. The van der Waals surface area contributed by atoms with Crippen molar-refractivity contribution in [1.82, 2.24) is 9.78 Å². The Kier molecular flexibility index (Phi) is 4.37. The zero-order valence-electron chi connectivity index (χ0n) is 14.0. The third kappa shape index (κ3) is 3.50. The van der Waals surface area contributed by atoms with Gasteiger partial charge < -0.3 is 10.1 Å². The van der Waals surface area contributed by atoms with Crippen molar-refractivity contribution in [2.75, 3.05) is 11.9 Å². The molecule has 5 heteroatoms. The van der Waals surface area contributed by atoms with Gasteiger partial charge in [-0.3, -0.25) is 4.79 Å². The third-order valence-corrected chi connectivity index (χ3v) is 4.70. The van der Waals surface area contributed by atoms with Crippen molar-refractivity contribution < 1.29 is 9.53 Å². The molecule has 0 aliphatic heterocycles. The van der Waals surface area contributed by atoms with Crippen LogP contribution in [0.3, 0.4) is 0 Å². The molecule has 1 aliphatic carbocycles. The summed E-state index contributed by atoms with van der Waals surface area (Å²) in [5.41, 5.74) is 0. The van der Waals surface area contributed by atoms with Gasteiger partial charge in [-0.2, -0.15) is 5.10 Å². The number of anilines is 1. The molecule has 25 heavy (non-hydrogen) atoms. The van der Waals surface area contributed by atoms with Crippen LogP contribution in [0.5, 0.6) is 5.75 Å². The summed E-state index contributed by atoms with van der Waals surface area (Å²) in [7, 11) is 0. The van der Waals surface area contributed by atoms with Gasteiger partial charge in [0, 0.05) is 6.07 Å². The lowest BCUT2D eigenvalue weighted by Crippen LogP contribution is -2.23. The van der Waals surface area contributed by atoms with Crippen LogP contribution >= 0.6 is 0 Å². The molecule has 0 bridgehead atoms. The van der Waals surface area contributed by atoms with Crippen molar-refractivity contribution in [1.29, 1.82) is 0 Å². The molecule has 0 atom stereocenters. The summed E-state index contributed by atoms with van der Waals surface area (Å²) in [5.74, 6) is 1.27. The van der Waals surface area contributed by atoms with Gasteiger partial charge in [-0.1, -0.05) is 43.2 Å². The number of hydrogen-bond donors (Lipinski definition) is 1. The fourth-order valence-electron chi connectivity index (χ4n) is 3.44. The van der Waals surface area contributed by atoms with Crippen molar-refractivity contribution in [2.24, 2.45) is 0 Å². The quantitative estimate of drug-likeness (QED) is 0.761. The maximum atomic E-state index is 12.2. The molecule has 0 unspecified atom stereocenters. The summed E-state index contributed by atoms with van der Waals surface area (Å²) in [4.78, 5) is 12.2. The Hall–Kier alpha value is -2.82. The molecule has 1 fully saturated rings. The first kappa shape index (κ1) is 15.7. The molecule has 2 aromatic carbocycles. The number of benzene rings is 2. The van der Waals surface area contributed by atoms with Gasteiger partial charge in [-0.15, -0.1) is 0 Å². The number of aromatic nitrogens is 2. The van der Waals surface area contributed by atoms with Crippen molar-refractivity contribution in [3.05, 3.63) is 54.7 Å². The number of nitrogens with zero attached hydrogens (tertiary/aromatic N) is 2. The average molecular weight is 335 g/mol. The van der Waals surface area contributed by atoms with Crippen molar-refractivity contribution in [3.63, 3.8) is 0 Å². The average Bonchev–Trinajstić information content (AvgIpc) is 3.31. The molecule has 1 amide bonds. The van der Waals surface area contributed by atoms with Crippen molar-refractivity contribution in [3.8, 4) is 5.75 Å². The topological polar surface area (TPSA) is 56.1 Å². The zero-order valence-corrected chi connectivity index (χ0v) is 14.0. The second kappa shape index (κ2) is 6.97. The monoisotopic (exact) mass is 335 g/mol. The highest BCUT2D eigenvalue weighted by Crippen LogP contribution is 2.31. The van der Waals surface area contributed by atoms with Crippen molar-refractivity contribution in [2.45, 2.75) is 31.7 Å². The molecule has 0 spiro atoms. The van der Waals surface area contributed by atoms with Gasteiger partial charge in [0.05, 0.1) is 12.2 Å². The van der Waals surface area contributed by atoms with Crippen LogP contribution in [0.25, 0.3) is 10.8 Å². The fourth-order valence-corrected chi connectivity index (χ4v) is 3.44. The van der Waals surface area contributed by atoms with Crippen LogP contribution in [0, 0.1) is 0 Å². The van der Waals surface area contributed by atoms with E-state index in [9.17, 15) is 4.79 Å². The van der Waals surface area contributed by atoms with Gasteiger partial charge in [0.1, 0.15) is 11.6 Å². The van der Waals surface area contributed by atoms with Crippen LogP contribution in [0.2, 0.25) is 0 Å². The summed E-state index contributed by atoms with van der Waals surface area (Å²) in [6.07, 6.45) is 6.43. The summed E-state index contributed by atoms with van der Waals surface area (Å²) < 4.78 is 7.58. The van der Waals surface area contributed by atoms with Gasteiger partial charge in [0.2, 0.25) is 0 Å². The number of amides is 1. The predicted octanol–water partition coefficient (Wildman–Crippen LogP) is 4.17. The molecule has 0 saturated heterocycles. The van der Waals surface area contributed by atoms with Gasteiger partial charge in [0.25, 0.3) is 5.91 Å². The second-order valence-electron chi connectivity index (χ2n) is 6.45. The van der Waals surface area contributed by atoms with E-state index in [-0.39, 0.29) is 12.5 Å². The highest BCUT2D eigenvalue weighted by atomic mass is 16.5. The minimum Gasteiger partial charge on any atom is -0.484 e. The Morgan fingerprint density at radius 1 is 1.12 bits per heavy atom. The highest BCUT2D eigenvalue weighted by molar-refractivity contribution is 5.91. The van der Waals surface area contributed by atoms with E-state index in [1.807, 2.05) is 47.1 Å². The van der Waals surface area contributed by atoms with E-state index in [0.717, 1.165) is 29.4 Å². The maximum absolute atomic E-state index is 12.2. The van der Waals surface area contributed by atoms with Gasteiger partial charge in [0.15, 0.2) is 6.61 Å². The first-order valence-corrected chi connectivity index (χ1v) is 8.74. The second-order valence-corrected chi connectivity index (χ2v) is 6.45. The minimum absolute atomic E-state index is 0.0197. The summed E-state index contributed by atoms with van der Waals surface area (Å²) >= 11 is 0. The third-order valence-electron chi connectivity index (χ3n) is 4.70. The number of rotatable bonds is 5. The lowest BCUT2D eigenvalue weighted by molar-refractivity contribution is -0.118. The summed E-state index contributed by atoms with van der Waals surface area (Å²) in [5, 5.41) is 9.53. The Morgan fingerprint density at radius 2 is 1.92 bits per heavy atom. The molecule has 128 valence electrons. The Morgan fingerprint density at radius 3 is 2.76 bits per heavy atom. The molecule has 5 nitrogen and oxygen atoms in total. The van der Waals surface area contributed by atoms with E-state index in [1.165, 1.54) is 12.8 Å². The highest BCUT2D eigenvalue weighted by Gasteiger charge is 2.20. The number of fused-ring (bicyclic) bond motifs is 1. The SMILES string of the molecule is O=C(COc1ccc2ccccc2c1)Nc1ccnn1C1CCCC1. The van der Waals surface area contributed by atoms with Crippen LogP contribution in [-0.4, -0.2) is 22.3 Å². The largest absolute Gasteiger partial charge is 0.484 e. The molecule has 1 heterocycles. The van der Waals surface area contributed by atoms with Crippen LogP contribution in [0.1, 0.15) is 31.7 Å². The molecule has 0 radical (unpaired) electrons. The van der Waals surface area contributed by atoms with Crippen LogP contribution < -0.4 is 10.1 Å². The van der Waals surface area contributed by atoms with E-state index in [2.05, 4.69) is 16.5 Å². The molecular weight excluding hydrogens is 314 g/mol. The number of nitrogens with one attached hydrogen (secondary N) is 1. The van der Waals surface area contributed by atoms with Crippen LogP contribution in [0.15, 0.2) is 54.7 Å². The maximum Gasteiger partial charge on any atom is 0.263 e. The smallest absolute Gasteiger partial charge is 0.263 e. The number of carbonyl (C=O) groups is 1. The van der Waals surface area contributed by atoms with Gasteiger partial charge in [-0.05, 0) is 35.7 Å². The molecule has 1 aliphatic rings. The van der Waals surface area contributed by atoms with Gasteiger partial charge >= 0.3 is 0 Å². The lowest BCUT2D eigenvalue weighted by Gasteiger charge is -2.15. The Bertz CT molecular complexity index is 881. The van der Waals surface area contributed by atoms with Crippen LogP contribution in [-0.2, 0) is 4.79 Å². The van der Waals surface area contributed by atoms with E-state index in [4.69, 9.17) is 4.74 Å². The standard InChI is InChI=1S/C20H21N3O2/c24-20(22-19-11-12-21-23(19)17-7-3-4-8-17)14-25-18-10-9-15-5-1-2-6-16(15)13-18/h1-2,5-6,9-13,17H,3-4,7-8,14H2,(H,22,24). The Labute approximate surface area is 146 Å². The van der Waals surface area contributed by atoms with E-state index >= 15 is 0 Å². The Balaban J connectivity index is 1.38. The normalized spacial score (nSPS) is 14.7. The molecule has 3 aromatic rings. The fraction of sp³-hybridized carbons (Fsp3) is 0.300. The molecule has 4 rings (SSSR count). The van der Waals surface area contributed by atoms with Gasteiger partial charge in [-0.25, -0.2) is 4.68 Å². The summed E-state index contributed by atoms with van der Waals surface area (Å²) in [6, 6.07) is 16.1. The molecule has 1 saturated carbocycles. The number of hydrogen-bond acceptors (Lipinski definition) is 3. The molecule has 1 aromatic heterocycles. The number of carbonyl (C=O) groups excluding carboxylic acids is 1.